The van der Waals surface area contributed by atoms with Crippen LogP contribution in [0.1, 0.15) is 17.3 Å². The van der Waals surface area contributed by atoms with E-state index in [1.807, 2.05) is 0 Å². The summed E-state index contributed by atoms with van der Waals surface area (Å²) in [4.78, 5) is 11.2. The van der Waals surface area contributed by atoms with Crippen molar-refractivity contribution in [3.05, 3.63) is 17.7 Å². The largest absolute Gasteiger partial charge is 0.507 e. The Kier molecular flexibility index (Phi) is 2.81. The minimum Gasteiger partial charge on any atom is -0.507 e. The number of benzene rings is 1. The molecule has 0 saturated carbocycles. The average Bonchev–Trinajstić information content (AvgIpc) is 2.13. The van der Waals surface area contributed by atoms with Gasteiger partial charge in [-0.1, -0.05) is 0 Å². The number of hydrogen-bond acceptors (Lipinski definition) is 5. The molecule has 3 N–H and O–H groups in total. The van der Waals surface area contributed by atoms with Crippen LogP contribution in [0.2, 0.25) is 0 Å². The smallest absolute Gasteiger partial charge is 0.345 e. The lowest BCUT2D eigenvalue weighted by Crippen LogP contribution is -2.05. The van der Waals surface area contributed by atoms with Crippen LogP contribution in [0.25, 0.3) is 0 Å². The van der Waals surface area contributed by atoms with E-state index in [0.717, 1.165) is 12.1 Å². The molecule has 0 radical (unpaired) electrons. The van der Waals surface area contributed by atoms with E-state index in [0.29, 0.717) is 0 Å². The fourth-order valence-electron chi connectivity index (χ4n) is 0.974. The van der Waals surface area contributed by atoms with Gasteiger partial charge in [0.2, 0.25) is 0 Å². The second kappa shape index (κ2) is 3.87. The zero-order valence-electron chi connectivity index (χ0n) is 7.52. The van der Waals surface area contributed by atoms with Gasteiger partial charge in [-0.2, -0.15) is 0 Å². The van der Waals surface area contributed by atoms with E-state index in [1.54, 1.807) is 6.92 Å². The second-order valence-electron chi connectivity index (χ2n) is 2.55. The van der Waals surface area contributed by atoms with Crippen molar-refractivity contribution in [3.8, 4) is 17.2 Å². The van der Waals surface area contributed by atoms with E-state index in [-0.39, 0.29) is 6.61 Å². The third kappa shape index (κ3) is 1.71. The summed E-state index contributed by atoms with van der Waals surface area (Å²) in [5.41, 5.74) is -0.424. The quantitative estimate of drug-likeness (QED) is 0.374. The zero-order valence-corrected chi connectivity index (χ0v) is 7.52. The van der Waals surface area contributed by atoms with Crippen LogP contribution in [-0.4, -0.2) is 27.9 Å². The van der Waals surface area contributed by atoms with Crippen LogP contribution in [0.15, 0.2) is 12.1 Å². The summed E-state index contributed by atoms with van der Waals surface area (Å²) in [6.07, 6.45) is 0. The summed E-state index contributed by atoms with van der Waals surface area (Å²) in [7, 11) is 0. The first-order chi connectivity index (χ1) is 6.57. The van der Waals surface area contributed by atoms with Crippen LogP contribution >= 0.6 is 0 Å². The third-order valence-electron chi connectivity index (χ3n) is 1.61. The number of carbonyl (C=O) groups is 1. The standard InChI is InChI=1S/C9H10O5/c1-2-14-9(13)7-5(10)3-4-6(11)8(7)12/h3-4,10-12H,2H2,1H3. The molecule has 0 aliphatic rings. The van der Waals surface area contributed by atoms with Gasteiger partial charge in [0.1, 0.15) is 11.3 Å². The number of phenolic OH excluding ortho intramolecular Hbond substituents is 3. The topological polar surface area (TPSA) is 87.0 Å². The van der Waals surface area contributed by atoms with E-state index >= 15 is 0 Å². The number of ether oxygens (including phenoxy) is 1. The summed E-state index contributed by atoms with van der Waals surface area (Å²) in [6.45, 7) is 1.71. The van der Waals surface area contributed by atoms with E-state index in [4.69, 9.17) is 5.11 Å². The Morgan fingerprint density at radius 1 is 1.29 bits per heavy atom. The highest BCUT2D eigenvalue weighted by atomic mass is 16.5. The molecule has 0 aliphatic heterocycles. The molecule has 14 heavy (non-hydrogen) atoms. The van der Waals surface area contributed by atoms with Gasteiger partial charge in [-0.25, -0.2) is 4.79 Å². The SMILES string of the molecule is CCOC(=O)c1c(O)ccc(O)c1O. The van der Waals surface area contributed by atoms with Crippen molar-refractivity contribution >= 4 is 5.97 Å². The van der Waals surface area contributed by atoms with Crippen molar-refractivity contribution in [3.63, 3.8) is 0 Å². The van der Waals surface area contributed by atoms with Crippen molar-refractivity contribution in [2.45, 2.75) is 6.92 Å². The summed E-state index contributed by atoms with van der Waals surface area (Å²) in [5, 5.41) is 27.6. The summed E-state index contributed by atoms with van der Waals surface area (Å²) < 4.78 is 4.57. The third-order valence-corrected chi connectivity index (χ3v) is 1.61. The molecule has 1 aromatic carbocycles. The number of hydrogen-bond donors (Lipinski definition) is 3. The lowest BCUT2D eigenvalue weighted by atomic mass is 10.1. The molecule has 0 heterocycles. The Labute approximate surface area is 80.2 Å². The van der Waals surface area contributed by atoms with E-state index in [1.165, 1.54) is 0 Å². The zero-order chi connectivity index (χ0) is 10.7. The maximum atomic E-state index is 11.2. The molecular formula is C9H10O5. The molecule has 5 nitrogen and oxygen atoms in total. The molecule has 1 aromatic rings. The number of esters is 1. The first kappa shape index (κ1) is 10.2. The molecule has 0 aromatic heterocycles. The van der Waals surface area contributed by atoms with Crippen molar-refractivity contribution < 1.29 is 24.9 Å². The first-order valence-corrected chi connectivity index (χ1v) is 3.99. The number of aromatic hydroxyl groups is 3. The molecule has 0 fully saturated rings. The molecule has 5 heteroatoms. The fraction of sp³-hybridized carbons (Fsp3) is 0.222. The predicted octanol–water partition coefficient (Wildman–Crippen LogP) is 0.980. The predicted molar refractivity (Wildman–Crippen MR) is 47.4 cm³/mol. The van der Waals surface area contributed by atoms with Crippen LogP contribution in [0.3, 0.4) is 0 Å². The van der Waals surface area contributed by atoms with Crippen LogP contribution in [-0.2, 0) is 4.74 Å². The van der Waals surface area contributed by atoms with Gasteiger partial charge in [0, 0.05) is 0 Å². The lowest BCUT2D eigenvalue weighted by molar-refractivity contribution is 0.0519. The Morgan fingerprint density at radius 2 is 1.86 bits per heavy atom. The normalized spacial score (nSPS) is 9.79. The average molecular weight is 198 g/mol. The molecule has 0 bridgehead atoms. The maximum Gasteiger partial charge on any atom is 0.345 e. The minimum absolute atomic E-state index is 0.118. The highest BCUT2D eigenvalue weighted by Crippen LogP contribution is 2.35. The van der Waals surface area contributed by atoms with E-state index < -0.39 is 28.8 Å². The summed E-state index contributed by atoms with van der Waals surface area (Å²) >= 11 is 0. The minimum atomic E-state index is -0.876. The highest BCUT2D eigenvalue weighted by Gasteiger charge is 2.20. The van der Waals surface area contributed by atoms with Gasteiger partial charge in [0.05, 0.1) is 6.61 Å². The second-order valence-corrected chi connectivity index (χ2v) is 2.55. The summed E-state index contributed by atoms with van der Waals surface area (Å²) in [6, 6.07) is 2.18. The van der Waals surface area contributed by atoms with Gasteiger partial charge in [-0.15, -0.1) is 0 Å². The van der Waals surface area contributed by atoms with Gasteiger partial charge < -0.3 is 20.1 Å². The van der Waals surface area contributed by atoms with Crippen molar-refractivity contribution in [1.29, 1.82) is 0 Å². The monoisotopic (exact) mass is 198 g/mol. The number of phenols is 3. The van der Waals surface area contributed by atoms with Crippen LogP contribution in [0.4, 0.5) is 0 Å². The molecular weight excluding hydrogens is 188 g/mol. The van der Waals surface area contributed by atoms with Crippen molar-refractivity contribution in [1.82, 2.24) is 0 Å². The van der Waals surface area contributed by atoms with Gasteiger partial charge in [0.15, 0.2) is 11.5 Å². The molecule has 0 aliphatic carbocycles. The molecule has 0 unspecified atom stereocenters. The molecule has 76 valence electrons. The highest BCUT2D eigenvalue weighted by molar-refractivity contribution is 5.96. The van der Waals surface area contributed by atoms with E-state index in [9.17, 15) is 15.0 Å². The molecule has 0 amide bonds. The molecule has 0 saturated heterocycles. The first-order valence-electron chi connectivity index (χ1n) is 3.99. The van der Waals surface area contributed by atoms with Crippen LogP contribution in [0.5, 0.6) is 17.2 Å². The number of rotatable bonds is 2. The van der Waals surface area contributed by atoms with E-state index in [2.05, 4.69) is 4.74 Å². The van der Waals surface area contributed by atoms with Gasteiger partial charge in [0.25, 0.3) is 0 Å². The Hall–Kier alpha value is -1.91. The van der Waals surface area contributed by atoms with Crippen LogP contribution in [0, 0.1) is 0 Å². The Bertz CT molecular complexity index is 358. The number of carbonyl (C=O) groups excluding carboxylic acids is 1. The van der Waals surface area contributed by atoms with Gasteiger partial charge in [-0.3, -0.25) is 0 Å². The Balaban J connectivity index is 3.18. The van der Waals surface area contributed by atoms with Gasteiger partial charge in [-0.05, 0) is 19.1 Å². The fourth-order valence-corrected chi connectivity index (χ4v) is 0.974. The summed E-state index contributed by atoms with van der Waals surface area (Å²) in [5.74, 6) is -2.47. The molecule has 0 atom stereocenters. The maximum absolute atomic E-state index is 11.2. The van der Waals surface area contributed by atoms with Crippen molar-refractivity contribution in [2.75, 3.05) is 6.61 Å². The van der Waals surface area contributed by atoms with Crippen LogP contribution < -0.4 is 0 Å². The molecule has 1 rings (SSSR count). The lowest BCUT2D eigenvalue weighted by Gasteiger charge is -2.07. The van der Waals surface area contributed by atoms with Crippen molar-refractivity contribution in [2.24, 2.45) is 0 Å². The molecule has 0 spiro atoms. The Morgan fingerprint density at radius 3 is 2.43 bits per heavy atom. The van der Waals surface area contributed by atoms with Gasteiger partial charge >= 0.3 is 5.97 Å².